The third-order valence-corrected chi connectivity index (χ3v) is 3.58. The number of rotatable bonds is 5. The van der Waals surface area contributed by atoms with E-state index in [1.54, 1.807) is 12.1 Å². The summed E-state index contributed by atoms with van der Waals surface area (Å²) in [6.07, 6.45) is 3.07. The van der Waals surface area contributed by atoms with Gasteiger partial charge in [-0.1, -0.05) is 0 Å². The molecule has 0 N–H and O–H groups in total. The Morgan fingerprint density at radius 2 is 2.14 bits per heavy atom. The lowest BCUT2D eigenvalue weighted by Gasteiger charge is -2.02. The van der Waals surface area contributed by atoms with Gasteiger partial charge in [-0.3, -0.25) is 9.48 Å². The van der Waals surface area contributed by atoms with Crippen molar-refractivity contribution in [3.05, 3.63) is 52.6 Å². The van der Waals surface area contributed by atoms with Crippen LogP contribution in [0.2, 0.25) is 0 Å². The number of carbonyl (C=O) groups excluding carboxylic acids is 1. The van der Waals surface area contributed by atoms with Crippen molar-refractivity contribution < 1.29 is 13.9 Å². The van der Waals surface area contributed by atoms with E-state index in [2.05, 4.69) is 5.10 Å². The first-order chi connectivity index (χ1) is 10.5. The van der Waals surface area contributed by atoms with Gasteiger partial charge in [0, 0.05) is 23.9 Å². The average molecular weight is 302 g/mol. The smallest absolute Gasteiger partial charge is 0.188 e. The fourth-order valence-corrected chi connectivity index (χ4v) is 2.33. The third kappa shape index (κ3) is 3.08. The van der Waals surface area contributed by atoms with Crippen LogP contribution in [-0.4, -0.2) is 22.7 Å². The van der Waals surface area contributed by atoms with Gasteiger partial charge in [0.05, 0.1) is 18.4 Å². The number of nitrogens with zero attached hydrogens (tertiary/aromatic N) is 2. The van der Waals surface area contributed by atoms with Crippen molar-refractivity contribution in [2.45, 2.75) is 27.3 Å². The lowest BCUT2D eigenvalue weighted by atomic mass is 10.1. The number of hydrogen-bond acceptors (Lipinski definition) is 3. The number of methoxy groups -OCH3 is 1. The molecule has 5 heteroatoms. The summed E-state index contributed by atoms with van der Waals surface area (Å²) in [5, 5.41) is 4.38. The molecule has 0 saturated carbocycles. The van der Waals surface area contributed by atoms with E-state index in [1.807, 2.05) is 25.5 Å². The van der Waals surface area contributed by atoms with Gasteiger partial charge in [0.15, 0.2) is 5.78 Å². The van der Waals surface area contributed by atoms with Crippen LogP contribution in [0.25, 0.3) is 6.08 Å². The van der Waals surface area contributed by atoms with Crippen LogP contribution in [0.15, 0.2) is 24.3 Å². The first-order valence-electron chi connectivity index (χ1n) is 7.07. The summed E-state index contributed by atoms with van der Waals surface area (Å²) in [7, 11) is 1.45. The highest BCUT2D eigenvalue weighted by Crippen LogP contribution is 2.19. The molecule has 1 aromatic carbocycles. The van der Waals surface area contributed by atoms with Crippen molar-refractivity contribution in [3.63, 3.8) is 0 Å². The molecule has 0 atom stereocenters. The minimum atomic E-state index is -0.591. The predicted molar refractivity (Wildman–Crippen MR) is 83.7 cm³/mol. The zero-order chi connectivity index (χ0) is 16.3. The van der Waals surface area contributed by atoms with Crippen LogP contribution in [0.5, 0.6) is 5.75 Å². The Morgan fingerprint density at radius 1 is 1.41 bits per heavy atom. The van der Waals surface area contributed by atoms with E-state index in [0.29, 0.717) is 5.75 Å². The summed E-state index contributed by atoms with van der Waals surface area (Å²) >= 11 is 0. The van der Waals surface area contributed by atoms with E-state index in [-0.39, 0.29) is 11.3 Å². The zero-order valence-corrected chi connectivity index (χ0v) is 13.2. The van der Waals surface area contributed by atoms with E-state index in [9.17, 15) is 9.18 Å². The molecule has 116 valence electrons. The molecule has 2 aromatic rings. The molecule has 0 unspecified atom stereocenters. The molecule has 0 spiro atoms. The summed E-state index contributed by atoms with van der Waals surface area (Å²) < 4.78 is 20.7. The highest BCUT2D eigenvalue weighted by Gasteiger charge is 2.12. The van der Waals surface area contributed by atoms with Crippen molar-refractivity contribution in [2.75, 3.05) is 7.11 Å². The molecule has 2 rings (SSSR count). The highest BCUT2D eigenvalue weighted by molar-refractivity contribution is 6.07. The quantitative estimate of drug-likeness (QED) is 0.626. The maximum atomic E-state index is 13.9. The highest BCUT2D eigenvalue weighted by atomic mass is 19.1. The maximum absolute atomic E-state index is 13.9. The van der Waals surface area contributed by atoms with Gasteiger partial charge in [-0.25, -0.2) is 4.39 Å². The molecular weight excluding hydrogens is 283 g/mol. The second kappa shape index (κ2) is 6.56. The monoisotopic (exact) mass is 302 g/mol. The first-order valence-corrected chi connectivity index (χ1v) is 7.07. The Hall–Kier alpha value is -2.43. The Morgan fingerprint density at radius 3 is 2.68 bits per heavy atom. The van der Waals surface area contributed by atoms with Crippen LogP contribution in [-0.2, 0) is 6.54 Å². The molecule has 0 aliphatic carbocycles. The maximum Gasteiger partial charge on any atom is 0.188 e. The van der Waals surface area contributed by atoms with Crippen LogP contribution < -0.4 is 4.74 Å². The van der Waals surface area contributed by atoms with Gasteiger partial charge in [0.2, 0.25) is 0 Å². The molecule has 0 aliphatic rings. The second-order valence-corrected chi connectivity index (χ2v) is 4.94. The van der Waals surface area contributed by atoms with Gasteiger partial charge in [-0.05, 0) is 45.1 Å². The molecule has 1 heterocycles. The Kier molecular flexibility index (Phi) is 4.75. The predicted octanol–water partition coefficient (Wildman–Crippen LogP) is 3.56. The van der Waals surface area contributed by atoms with Gasteiger partial charge in [0.1, 0.15) is 11.6 Å². The second-order valence-electron chi connectivity index (χ2n) is 4.94. The lowest BCUT2D eigenvalue weighted by molar-refractivity contribution is 0.104. The standard InChI is InChI=1S/C17H19FN2O2/c1-5-20-12(3)14(11(2)19-20)8-9-17(21)15-7-6-13(22-4)10-16(15)18/h6-10H,5H2,1-4H3/b9-8+. The molecule has 4 nitrogen and oxygen atoms in total. The molecular formula is C17H19FN2O2. The Balaban J connectivity index is 2.27. The molecule has 1 aromatic heterocycles. The molecule has 22 heavy (non-hydrogen) atoms. The van der Waals surface area contributed by atoms with E-state index in [4.69, 9.17) is 4.74 Å². The van der Waals surface area contributed by atoms with E-state index >= 15 is 0 Å². The SMILES string of the molecule is CCn1nc(C)c(/C=C/C(=O)c2ccc(OC)cc2F)c1C. The van der Waals surface area contributed by atoms with Crippen molar-refractivity contribution in [2.24, 2.45) is 0 Å². The molecule has 0 aliphatic heterocycles. The topological polar surface area (TPSA) is 44.1 Å². The number of ether oxygens (including phenoxy) is 1. The lowest BCUT2D eigenvalue weighted by Crippen LogP contribution is -2.00. The number of hydrogen-bond donors (Lipinski definition) is 0. The van der Waals surface area contributed by atoms with Gasteiger partial charge >= 0.3 is 0 Å². The van der Waals surface area contributed by atoms with Gasteiger partial charge in [-0.2, -0.15) is 5.10 Å². The summed E-state index contributed by atoms with van der Waals surface area (Å²) in [6, 6.07) is 4.19. The number of halogens is 1. The van der Waals surface area contributed by atoms with Crippen LogP contribution in [0.3, 0.4) is 0 Å². The van der Waals surface area contributed by atoms with Gasteiger partial charge in [-0.15, -0.1) is 0 Å². The normalized spacial score (nSPS) is 11.1. The Labute approximate surface area is 129 Å². The largest absolute Gasteiger partial charge is 0.497 e. The number of aromatic nitrogens is 2. The zero-order valence-electron chi connectivity index (χ0n) is 13.2. The van der Waals surface area contributed by atoms with E-state index in [1.165, 1.54) is 25.3 Å². The summed E-state index contributed by atoms with van der Waals surface area (Å²) in [5.41, 5.74) is 2.75. The van der Waals surface area contributed by atoms with Crippen LogP contribution >= 0.6 is 0 Å². The van der Waals surface area contributed by atoms with Crippen LogP contribution in [0, 0.1) is 19.7 Å². The summed E-state index contributed by atoms with van der Waals surface area (Å²) in [4.78, 5) is 12.1. The van der Waals surface area contributed by atoms with E-state index < -0.39 is 5.82 Å². The van der Waals surface area contributed by atoms with Gasteiger partial charge < -0.3 is 4.74 Å². The van der Waals surface area contributed by atoms with E-state index in [0.717, 1.165) is 23.5 Å². The van der Waals surface area contributed by atoms with Crippen LogP contribution in [0.4, 0.5) is 4.39 Å². The fourth-order valence-electron chi connectivity index (χ4n) is 2.33. The van der Waals surface area contributed by atoms with Gasteiger partial charge in [0.25, 0.3) is 0 Å². The molecule has 0 radical (unpaired) electrons. The third-order valence-electron chi connectivity index (χ3n) is 3.58. The van der Waals surface area contributed by atoms with Crippen molar-refractivity contribution in [3.8, 4) is 5.75 Å². The molecule has 0 fully saturated rings. The average Bonchev–Trinajstić information content (AvgIpc) is 2.78. The van der Waals surface area contributed by atoms with Crippen molar-refractivity contribution in [1.29, 1.82) is 0 Å². The molecule has 0 amide bonds. The number of aryl methyl sites for hydroxylation is 2. The number of carbonyl (C=O) groups is 1. The molecule has 0 saturated heterocycles. The molecule has 0 bridgehead atoms. The number of benzene rings is 1. The first kappa shape index (κ1) is 15.9. The minimum Gasteiger partial charge on any atom is -0.497 e. The van der Waals surface area contributed by atoms with Crippen molar-refractivity contribution in [1.82, 2.24) is 9.78 Å². The van der Waals surface area contributed by atoms with Crippen LogP contribution in [0.1, 0.15) is 34.2 Å². The number of ketones is 1. The van der Waals surface area contributed by atoms with Crippen molar-refractivity contribution >= 4 is 11.9 Å². The summed E-state index contributed by atoms with van der Waals surface area (Å²) in [6.45, 7) is 6.60. The minimum absolute atomic E-state index is 0.0234. The Bertz CT molecular complexity index is 733. The fraction of sp³-hybridized carbons (Fsp3) is 0.294. The summed E-state index contributed by atoms with van der Waals surface area (Å²) in [5.74, 6) is -0.594. The number of allylic oxidation sites excluding steroid dienone is 1.